The summed E-state index contributed by atoms with van der Waals surface area (Å²) in [6.45, 7) is -0.00228. The summed E-state index contributed by atoms with van der Waals surface area (Å²) in [7, 11) is 1.64. The van der Waals surface area contributed by atoms with Crippen LogP contribution in [0.25, 0.3) is 0 Å². The first-order valence-corrected chi connectivity index (χ1v) is 11.7. The van der Waals surface area contributed by atoms with E-state index in [0.717, 1.165) is 17.7 Å². The van der Waals surface area contributed by atoms with E-state index in [0.29, 0.717) is 42.7 Å². The second-order valence-electron chi connectivity index (χ2n) is 9.10. The predicted molar refractivity (Wildman–Crippen MR) is 133 cm³/mol. The van der Waals surface area contributed by atoms with Crippen LogP contribution < -0.4 is 15.0 Å². The van der Waals surface area contributed by atoms with Gasteiger partial charge in [-0.15, -0.1) is 5.10 Å². The van der Waals surface area contributed by atoms with Crippen LogP contribution in [0, 0.1) is 11.8 Å². The normalized spacial score (nSPS) is 20.2. The zero-order valence-electron chi connectivity index (χ0n) is 19.5. The molecule has 8 heteroatoms. The van der Waals surface area contributed by atoms with Gasteiger partial charge in [-0.05, 0) is 43.0 Å². The van der Waals surface area contributed by atoms with Crippen LogP contribution in [0.1, 0.15) is 36.8 Å². The molecule has 0 unspecified atom stereocenters. The summed E-state index contributed by atoms with van der Waals surface area (Å²) >= 11 is 0. The van der Waals surface area contributed by atoms with Crippen LogP contribution in [0.5, 0.6) is 5.75 Å². The van der Waals surface area contributed by atoms with Gasteiger partial charge in [0.1, 0.15) is 29.7 Å². The highest BCUT2D eigenvalue weighted by atomic mass is 16.5. The molecule has 1 atom stereocenters. The van der Waals surface area contributed by atoms with E-state index in [2.05, 4.69) is 27.4 Å². The molecule has 8 nitrogen and oxygen atoms in total. The average molecular weight is 471 g/mol. The van der Waals surface area contributed by atoms with Crippen LogP contribution in [0.15, 0.2) is 58.7 Å². The molecule has 2 aromatic carbocycles. The Hall–Kier alpha value is -3.96. The van der Waals surface area contributed by atoms with Gasteiger partial charge in [0, 0.05) is 25.5 Å². The molecule has 0 saturated heterocycles. The maximum Gasteiger partial charge on any atom is 0.268 e. The third kappa shape index (κ3) is 4.96. The van der Waals surface area contributed by atoms with E-state index in [-0.39, 0.29) is 18.2 Å². The van der Waals surface area contributed by atoms with Crippen molar-refractivity contribution in [1.82, 2.24) is 5.32 Å². The van der Waals surface area contributed by atoms with Gasteiger partial charge < -0.3 is 20.1 Å². The fourth-order valence-corrected chi connectivity index (χ4v) is 4.20. The molecule has 1 aliphatic carbocycles. The summed E-state index contributed by atoms with van der Waals surface area (Å²) in [4.78, 5) is 27.4. The summed E-state index contributed by atoms with van der Waals surface area (Å²) < 4.78 is 5.86. The zero-order valence-corrected chi connectivity index (χ0v) is 19.5. The summed E-state index contributed by atoms with van der Waals surface area (Å²) in [5, 5.41) is 21.2. The number of likely N-dealkylation sites (N-methyl/N-ethyl adjacent to an activating group) is 1. The molecule has 35 heavy (non-hydrogen) atoms. The van der Waals surface area contributed by atoms with Crippen molar-refractivity contribution in [3.8, 4) is 17.6 Å². The second kappa shape index (κ2) is 9.35. The lowest BCUT2D eigenvalue weighted by atomic mass is 9.81. The van der Waals surface area contributed by atoms with Crippen molar-refractivity contribution < 1.29 is 19.4 Å². The van der Waals surface area contributed by atoms with E-state index in [1.165, 1.54) is 4.90 Å². The molecule has 0 radical (unpaired) electrons. The summed E-state index contributed by atoms with van der Waals surface area (Å²) in [5.41, 5.74) is 2.51. The molecule has 0 aromatic heterocycles. The molecule has 1 saturated carbocycles. The number of nitrogens with zero attached hydrogens (tertiary/aromatic N) is 3. The third-order valence-corrected chi connectivity index (χ3v) is 6.48. The standard InChI is InChI=1S/C27H26N4O4/c1-31-23-15-19(10-13-27(34)11-5-12-27)8-9-24(23)35-17-22(26(31)33)28-25(32)21-16-20(29-30-21)14-18-6-3-2-4-7-18/h2-4,6-9,15,22,34H,5,11-12,14,16-17H2,1H3,(H,28,32)/t22-/m0/s1. The van der Waals surface area contributed by atoms with Crippen molar-refractivity contribution in [2.45, 2.75) is 43.7 Å². The van der Waals surface area contributed by atoms with E-state index >= 15 is 0 Å². The summed E-state index contributed by atoms with van der Waals surface area (Å²) in [6, 6.07) is 14.3. The minimum absolute atomic E-state index is 0.00228. The van der Waals surface area contributed by atoms with Gasteiger partial charge in [-0.2, -0.15) is 5.10 Å². The van der Waals surface area contributed by atoms with Crippen LogP contribution in [0.4, 0.5) is 5.69 Å². The Bertz CT molecular complexity index is 1290. The van der Waals surface area contributed by atoms with Crippen LogP contribution in [-0.2, 0) is 16.0 Å². The number of carbonyl (C=O) groups is 2. The number of rotatable bonds is 4. The molecular weight excluding hydrogens is 444 g/mol. The number of carbonyl (C=O) groups excluding carboxylic acids is 2. The van der Waals surface area contributed by atoms with Crippen molar-refractivity contribution in [3.05, 3.63) is 59.7 Å². The number of anilines is 1. The molecule has 1 fully saturated rings. The van der Waals surface area contributed by atoms with Gasteiger partial charge >= 0.3 is 0 Å². The van der Waals surface area contributed by atoms with E-state index in [4.69, 9.17) is 4.74 Å². The topological polar surface area (TPSA) is 104 Å². The van der Waals surface area contributed by atoms with Crippen LogP contribution in [0.3, 0.4) is 0 Å². The molecule has 2 heterocycles. The number of aliphatic hydroxyl groups is 1. The minimum atomic E-state index is -0.909. The third-order valence-electron chi connectivity index (χ3n) is 6.48. The lowest BCUT2D eigenvalue weighted by Gasteiger charge is -2.30. The van der Waals surface area contributed by atoms with Crippen molar-refractivity contribution in [2.75, 3.05) is 18.6 Å². The smallest absolute Gasteiger partial charge is 0.268 e. The Kier molecular flexibility index (Phi) is 6.10. The molecule has 2 amide bonds. The van der Waals surface area contributed by atoms with E-state index in [9.17, 15) is 14.7 Å². The van der Waals surface area contributed by atoms with Crippen molar-refractivity contribution in [3.63, 3.8) is 0 Å². The Balaban J connectivity index is 1.22. The maximum atomic E-state index is 13.1. The quantitative estimate of drug-likeness (QED) is 0.669. The SMILES string of the molecule is CN1C(=O)[C@@H](NC(=O)C2=NN=C(Cc3ccccc3)C2)COc2ccc(C#CC3(O)CCC3)cc21. The molecule has 178 valence electrons. The van der Waals surface area contributed by atoms with Gasteiger partial charge in [-0.1, -0.05) is 42.2 Å². The van der Waals surface area contributed by atoms with Gasteiger partial charge in [0.2, 0.25) is 0 Å². The van der Waals surface area contributed by atoms with Gasteiger partial charge in [0.25, 0.3) is 11.8 Å². The first-order chi connectivity index (χ1) is 16.9. The number of ether oxygens (including phenoxy) is 1. The summed E-state index contributed by atoms with van der Waals surface area (Å²) in [6.07, 6.45) is 3.29. The Morgan fingerprint density at radius 3 is 2.77 bits per heavy atom. The number of amides is 2. The molecule has 0 bridgehead atoms. The fraction of sp³-hybridized carbons (Fsp3) is 0.333. The minimum Gasteiger partial charge on any atom is -0.489 e. The highest BCUT2D eigenvalue weighted by Gasteiger charge is 2.33. The highest BCUT2D eigenvalue weighted by molar-refractivity contribution is 6.43. The first kappa shape index (κ1) is 22.8. The lowest BCUT2D eigenvalue weighted by Crippen LogP contribution is -2.51. The van der Waals surface area contributed by atoms with Crippen molar-refractivity contribution >= 4 is 28.9 Å². The monoisotopic (exact) mass is 470 g/mol. The van der Waals surface area contributed by atoms with Crippen LogP contribution >= 0.6 is 0 Å². The van der Waals surface area contributed by atoms with Crippen molar-refractivity contribution in [1.29, 1.82) is 0 Å². The largest absolute Gasteiger partial charge is 0.489 e. The average Bonchev–Trinajstić information content (AvgIpc) is 3.28. The Labute approximate surface area is 203 Å². The van der Waals surface area contributed by atoms with Gasteiger partial charge in [0.05, 0.1) is 11.4 Å². The van der Waals surface area contributed by atoms with Gasteiger partial charge in [0.15, 0.2) is 0 Å². The Morgan fingerprint density at radius 1 is 1.23 bits per heavy atom. The first-order valence-electron chi connectivity index (χ1n) is 11.7. The number of fused-ring (bicyclic) bond motifs is 1. The lowest BCUT2D eigenvalue weighted by molar-refractivity contribution is -0.124. The molecular formula is C27H26N4O4. The molecule has 2 N–H and O–H groups in total. The molecule has 2 aliphatic heterocycles. The van der Waals surface area contributed by atoms with E-state index in [1.54, 1.807) is 25.2 Å². The predicted octanol–water partition coefficient (Wildman–Crippen LogP) is 2.24. The van der Waals surface area contributed by atoms with Gasteiger partial charge in [-0.25, -0.2) is 0 Å². The number of nitrogens with one attached hydrogen (secondary N) is 1. The zero-order chi connectivity index (χ0) is 24.4. The molecule has 2 aromatic rings. The number of hydrogen-bond acceptors (Lipinski definition) is 6. The number of benzene rings is 2. The molecule has 3 aliphatic rings. The van der Waals surface area contributed by atoms with Gasteiger partial charge in [-0.3, -0.25) is 9.59 Å². The van der Waals surface area contributed by atoms with Crippen molar-refractivity contribution in [2.24, 2.45) is 10.2 Å². The maximum absolute atomic E-state index is 13.1. The van der Waals surface area contributed by atoms with E-state index < -0.39 is 17.6 Å². The second-order valence-corrected chi connectivity index (χ2v) is 9.10. The highest BCUT2D eigenvalue weighted by Crippen LogP contribution is 2.33. The molecule has 0 spiro atoms. The summed E-state index contributed by atoms with van der Waals surface area (Å²) in [5.74, 6) is 5.72. The van der Waals surface area contributed by atoms with E-state index in [1.807, 2.05) is 30.3 Å². The number of hydrogen-bond donors (Lipinski definition) is 2. The Morgan fingerprint density at radius 2 is 2.03 bits per heavy atom. The van der Waals surface area contributed by atoms with Crippen LogP contribution in [0.2, 0.25) is 0 Å². The molecule has 5 rings (SSSR count). The fourth-order valence-electron chi connectivity index (χ4n) is 4.20. The van der Waals surface area contributed by atoms with Crippen LogP contribution in [-0.4, -0.2) is 53.6 Å².